The van der Waals surface area contributed by atoms with Crippen LogP contribution >= 0.6 is 0 Å². The van der Waals surface area contributed by atoms with E-state index in [0.717, 1.165) is 11.8 Å². The van der Waals surface area contributed by atoms with Crippen LogP contribution in [-0.4, -0.2) is 6.29 Å². The van der Waals surface area contributed by atoms with E-state index in [-0.39, 0.29) is 0 Å². The topological polar surface area (TPSA) is 17.1 Å². The first kappa shape index (κ1) is 8.98. The summed E-state index contributed by atoms with van der Waals surface area (Å²) in [6.07, 6.45) is 1.49. The molecule has 0 amide bonds. The molecule has 1 nitrogen and oxygen atoms in total. The van der Waals surface area contributed by atoms with E-state index in [1.54, 1.807) is 0 Å². The van der Waals surface area contributed by atoms with Gasteiger partial charge in [0.1, 0.15) is 6.29 Å². The van der Waals surface area contributed by atoms with E-state index in [1.807, 2.05) is 6.92 Å². The molecule has 0 saturated heterocycles. The van der Waals surface area contributed by atoms with Crippen LogP contribution in [0, 0.1) is 20.8 Å². The van der Waals surface area contributed by atoms with E-state index >= 15 is 0 Å². The fourth-order valence-corrected chi connectivity index (χ4v) is 1.33. The van der Waals surface area contributed by atoms with Crippen LogP contribution < -0.4 is 0 Å². The van der Waals surface area contributed by atoms with Crippen LogP contribution in [0.3, 0.4) is 0 Å². The molecule has 1 rings (SSSR count). The molecule has 0 spiro atoms. The summed E-state index contributed by atoms with van der Waals surface area (Å²) in [6, 6.07) is 4.23. The Bertz CT molecular complexity index is 300. The summed E-state index contributed by atoms with van der Waals surface area (Å²) in [5.41, 5.74) is 4.91. The fraction of sp³-hybridized carbons (Fsp3) is 0.364. The molecule has 0 aliphatic carbocycles. The normalized spacial score (nSPS) is 9.92. The third-order valence-corrected chi connectivity index (χ3v) is 2.26. The standard InChI is InChI=1S/C11H14O/c1-8-6-10(3)11(4-5-12)7-9(8)2/h5-7H,4H2,1-3H3. The zero-order chi connectivity index (χ0) is 9.14. The van der Waals surface area contributed by atoms with Crippen molar-refractivity contribution in [3.63, 3.8) is 0 Å². The molecule has 0 heterocycles. The molecule has 0 radical (unpaired) electrons. The lowest BCUT2D eigenvalue weighted by atomic mass is 9.99. The Labute approximate surface area is 73.4 Å². The van der Waals surface area contributed by atoms with Crippen molar-refractivity contribution in [1.29, 1.82) is 0 Å². The van der Waals surface area contributed by atoms with E-state index in [2.05, 4.69) is 26.0 Å². The van der Waals surface area contributed by atoms with Crippen LogP contribution in [0.2, 0.25) is 0 Å². The monoisotopic (exact) mass is 162 g/mol. The molecular formula is C11H14O. The first-order valence-corrected chi connectivity index (χ1v) is 4.15. The van der Waals surface area contributed by atoms with Crippen molar-refractivity contribution in [2.45, 2.75) is 27.2 Å². The Morgan fingerprint density at radius 3 is 2.25 bits per heavy atom. The summed E-state index contributed by atoms with van der Waals surface area (Å²) in [6.45, 7) is 6.21. The number of hydrogen-bond acceptors (Lipinski definition) is 1. The number of carbonyl (C=O) groups excluding carboxylic acids is 1. The van der Waals surface area contributed by atoms with Gasteiger partial charge in [-0.1, -0.05) is 12.1 Å². The minimum atomic E-state index is 0.535. The lowest BCUT2D eigenvalue weighted by Gasteiger charge is -2.06. The van der Waals surface area contributed by atoms with Gasteiger partial charge in [-0.25, -0.2) is 0 Å². The van der Waals surface area contributed by atoms with Gasteiger partial charge in [0.2, 0.25) is 0 Å². The van der Waals surface area contributed by atoms with E-state index < -0.39 is 0 Å². The lowest BCUT2D eigenvalue weighted by Crippen LogP contribution is -1.93. The Morgan fingerprint density at radius 2 is 1.67 bits per heavy atom. The highest BCUT2D eigenvalue weighted by atomic mass is 16.1. The summed E-state index contributed by atoms with van der Waals surface area (Å²) in [5, 5.41) is 0. The Morgan fingerprint density at radius 1 is 1.08 bits per heavy atom. The van der Waals surface area contributed by atoms with Crippen LogP contribution in [0.25, 0.3) is 0 Å². The average Bonchev–Trinajstić information content (AvgIpc) is 2.01. The second-order valence-corrected chi connectivity index (χ2v) is 3.23. The Kier molecular flexibility index (Phi) is 2.64. The minimum absolute atomic E-state index is 0.535. The Hall–Kier alpha value is -1.11. The molecule has 64 valence electrons. The maximum atomic E-state index is 10.3. The van der Waals surface area contributed by atoms with Gasteiger partial charge in [-0.15, -0.1) is 0 Å². The third kappa shape index (κ3) is 1.73. The average molecular weight is 162 g/mol. The molecule has 12 heavy (non-hydrogen) atoms. The molecule has 1 aromatic rings. The smallest absolute Gasteiger partial charge is 0.124 e. The van der Waals surface area contributed by atoms with Crippen LogP contribution in [0.1, 0.15) is 22.3 Å². The molecule has 0 unspecified atom stereocenters. The SMILES string of the molecule is Cc1cc(C)c(CC=O)cc1C. The highest BCUT2D eigenvalue weighted by Crippen LogP contribution is 2.14. The highest BCUT2D eigenvalue weighted by molar-refractivity contribution is 5.57. The van der Waals surface area contributed by atoms with Crippen molar-refractivity contribution < 1.29 is 4.79 Å². The van der Waals surface area contributed by atoms with E-state index in [4.69, 9.17) is 0 Å². The summed E-state index contributed by atoms with van der Waals surface area (Å²) < 4.78 is 0. The van der Waals surface area contributed by atoms with Crippen molar-refractivity contribution in [1.82, 2.24) is 0 Å². The van der Waals surface area contributed by atoms with Crippen LogP contribution in [0.5, 0.6) is 0 Å². The van der Waals surface area contributed by atoms with Crippen molar-refractivity contribution in [3.05, 3.63) is 34.4 Å². The number of carbonyl (C=O) groups is 1. The zero-order valence-corrected chi connectivity index (χ0v) is 7.85. The van der Waals surface area contributed by atoms with Gasteiger partial charge in [-0.05, 0) is 43.0 Å². The number of aldehydes is 1. The first-order valence-electron chi connectivity index (χ1n) is 4.15. The molecule has 0 atom stereocenters. The van der Waals surface area contributed by atoms with Gasteiger partial charge < -0.3 is 4.79 Å². The predicted octanol–water partition coefficient (Wildman–Crippen LogP) is 2.35. The van der Waals surface area contributed by atoms with Gasteiger partial charge >= 0.3 is 0 Å². The quantitative estimate of drug-likeness (QED) is 0.610. The minimum Gasteiger partial charge on any atom is -0.303 e. The molecule has 1 heteroatoms. The fourth-order valence-electron chi connectivity index (χ4n) is 1.33. The molecule has 0 aromatic heterocycles. The third-order valence-electron chi connectivity index (χ3n) is 2.26. The van der Waals surface area contributed by atoms with Crippen molar-refractivity contribution >= 4 is 6.29 Å². The molecule has 0 aliphatic rings. The van der Waals surface area contributed by atoms with Gasteiger partial charge in [0.05, 0.1) is 0 Å². The van der Waals surface area contributed by atoms with E-state index in [1.165, 1.54) is 16.7 Å². The largest absolute Gasteiger partial charge is 0.303 e. The van der Waals surface area contributed by atoms with Crippen molar-refractivity contribution in [2.75, 3.05) is 0 Å². The summed E-state index contributed by atoms with van der Waals surface area (Å²) >= 11 is 0. The molecule has 0 saturated carbocycles. The summed E-state index contributed by atoms with van der Waals surface area (Å²) in [4.78, 5) is 10.3. The van der Waals surface area contributed by atoms with Gasteiger partial charge in [0, 0.05) is 6.42 Å². The molecule has 0 bridgehead atoms. The molecule has 0 aliphatic heterocycles. The second kappa shape index (κ2) is 3.53. The Balaban J connectivity index is 3.13. The first-order chi connectivity index (χ1) is 5.65. The van der Waals surface area contributed by atoms with Crippen molar-refractivity contribution in [2.24, 2.45) is 0 Å². The summed E-state index contributed by atoms with van der Waals surface area (Å²) in [5.74, 6) is 0. The lowest BCUT2D eigenvalue weighted by molar-refractivity contribution is -0.107. The van der Waals surface area contributed by atoms with Gasteiger partial charge in [0.15, 0.2) is 0 Å². The van der Waals surface area contributed by atoms with Gasteiger partial charge in [-0.3, -0.25) is 0 Å². The van der Waals surface area contributed by atoms with Gasteiger partial charge in [-0.2, -0.15) is 0 Å². The molecular weight excluding hydrogens is 148 g/mol. The van der Waals surface area contributed by atoms with Gasteiger partial charge in [0.25, 0.3) is 0 Å². The molecule has 1 aromatic carbocycles. The molecule has 0 N–H and O–H groups in total. The van der Waals surface area contributed by atoms with Crippen LogP contribution in [-0.2, 0) is 11.2 Å². The number of hydrogen-bond donors (Lipinski definition) is 0. The van der Waals surface area contributed by atoms with E-state index in [9.17, 15) is 4.79 Å². The highest BCUT2D eigenvalue weighted by Gasteiger charge is 2.00. The number of benzene rings is 1. The van der Waals surface area contributed by atoms with Crippen molar-refractivity contribution in [3.8, 4) is 0 Å². The maximum Gasteiger partial charge on any atom is 0.124 e. The van der Waals surface area contributed by atoms with Crippen LogP contribution in [0.15, 0.2) is 12.1 Å². The van der Waals surface area contributed by atoms with Crippen LogP contribution in [0.4, 0.5) is 0 Å². The molecule has 0 fully saturated rings. The number of aryl methyl sites for hydroxylation is 3. The zero-order valence-electron chi connectivity index (χ0n) is 7.85. The van der Waals surface area contributed by atoms with E-state index in [0.29, 0.717) is 6.42 Å². The summed E-state index contributed by atoms with van der Waals surface area (Å²) in [7, 11) is 0. The maximum absolute atomic E-state index is 10.3. The number of rotatable bonds is 2. The second-order valence-electron chi connectivity index (χ2n) is 3.23. The predicted molar refractivity (Wildman–Crippen MR) is 50.4 cm³/mol.